The maximum absolute atomic E-state index is 11.2. The van der Waals surface area contributed by atoms with Crippen LogP contribution in [0, 0.1) is 0 Å². The lowest BCUT2D eigenvalue weighted by Crippen LogP contribution is -2.42. The largest absolute Gasteiger partial charge is 0.475 e. The van der Waals surface area contributed by atoms with Crippen LogP contribution in [-0.2, 0) is 11.3 Å². The summed E-state index contributed by atoms with van der Waals surface area (Å²) in [5.74, 6) is -2.27. The Hall–Kier alpha value is -1.72. The Kier molecular flexibility index (Phi) is 4.07. The Morgan fingerprint density at radius 2 is 1.78 bits per heavy atom. The molecule has 0 saturated carbocycles. The maximum atomic E-state index is 11.2. The molecule has 0 aliphatic carbocycles. The van der Waals surface area contributed by atoms with Gasteiger partial charge >= 0.3 is 5.97 Å². The predicted octanol–water partition coefficient (Wildman–Crippen LogP) is 0.359. The Morgan fingerprint density at radius 3 is 2.33 bits per heavy atom. The average molecular weight is 248 g/mol. The van der Waals surface area contributed by atoms with E-state index in [0.717, 1.165) is 38.3 Å². The second-order valence-electron chi connectivity index (χ2n) is 4.36. The first-order valence-electron chi connectivity index (χ1n) is 5.96. The lowest BCUT2D eigenvalue weighted by molar-refractivity contribution is -0.131. The van der Waals surface area contributed by atoms with Gasteiger partial charge in [-0.15, -0.1) is 0 Å². The van der Waals surface area contributed by atoms with Crippen LogP contribution in [0.25, 0.3) is 0 Å². The van der Waals surface area contributed by atoms with E-state index in [9.17, 15) is 9.59 Å². The lowest BCUT2D eigenvalue weighted by Gasteiger charge is -2.27. The molecule has 5 nitrogen and oxygen atoms in total. The quantitative estimate of drug-likeness (QED) is 0.594. The number of piperazine rings is 1. The number of aliphatic carboxylic acids is 1. The summed E-state index contributed by atoms with van der Waals surface area (Å²) in [4.78, 5) is 24.1. The van der Waals surface area contributed by atoms with Crippen molar-refractivity contribution in [2.24, 2.45) is 0 Å². The second kappa shape index (κ2) is 5.75. The van der Waals surface area contributed by atoms with Crippen molar-refractivity contribution in [1.29, 1.82) is 0 Å². The zero-order valence-electron chi connectivity index (χ0n) is 10.1. The third-order valence-corrected chi connectivity index (χ3v) is 3.03. The highest BCUT2D eigenvalue weighted by Gasteiger charge is 2.14. The summed E-state index contributed by atoms with van der Waals surface area (Å²) >= 11 is 0. The van der Waals surface area contributed by atoms with Gasteiger partial charge in [-0.3, -0.25) is 9.69 Å². The van der Waals surface area contributed by atoms with Crippen LogP contribution in [-0.4, -0.2) is 47.9 Å². The monoisotopic (exact) mass is 248 g/mol. The topological polar surface area (TPSA) is 69.6 Å². The maximum Gasteiger partial charge on any atom is 0.377 e. The van der Waals surface area contributed by atoms with Crippen LogP contribution in [0.5, 0.6) is 0 Å². The normalized spacial score (nSPS) is 16.4. The molecule has 1 aliphatic heterocycles. The van der Waals surface area contributed by atoms with E-state index < -0.39 is 11.8 Å². The molecule has 0 atom stereocenters. The molecular weight excluding hydrogens is 232 g/mol. The van der Waals surface area contributed by atoms with Crippen molar-refractivity contribution in [3.05, 3.63) is 35.4 Å². The first-order chi connectivity index (χ1) is 8.66. The summed E-state index contributed by atoms with van der Waals surface area (Å²) < 4.78 is 0. The third kappa shape index (κ3) is 3.15. The highest BCUT2D eigenvalue weighted by molar-refractivity contribution is 6.39. The number of benzene rings is 1. The summed E-state index contributed by atoms with van der Waals surface area (Å²) in [6.45, 7) is 4.85. The molecule has 2 rings (SSSR count). The highest BCUT2D eigenvalue weighted by Crippen LogP contribution is 2.09. The number of carboxylic acids is 1. The third-order valence-electron chi connectivity index (χ3n) is 3.03. The number of rotatable bonds is 4. The molecule has 0 spiro atoms. The van der Waals surface area contributed by atoms with Crippen LogP contribution in [0.3, 0.4) is 0 Å². The van der Waals surface area contributed by atoms with Crippen molar-refractivity contribution in [1.82, 2.24) is 10.2 Å². The van der Waals surface area contributed by atoms with E-state index in [2.05, 4.69) is 10.2 Å². The summed E-state index contributed by atoms with van der Waals surface area (Å²) in [6, 6.07) is 6.79. The van der Waals surface area contributed by atoms with Gasteiger partial charge in [0.15, 0.2) is 0 Å². The molecule has 1 saturated heterocycles. The number of hydrogen-bond acceptors (Lipinski definition) is 4. The molecule has 0 bridgehead atoms. The molecule has 0 amide bonds. The summed E-state index contributed by atoms with van der Waals surface area (Å²) in [7, 11) is 0. The van der Waals surface area contributed by atoms with Gasteiger partial charge in [-0.1, -0.05) is 24.3 Å². The van der Waals surface area contributed by atoms with Crippen molar-refractivity contribution in [3.63, 3.8) is 0 Å². The van der Waals surface area contributed by atoms with Crippen LogP contribution in [0.2, 0.25) is 0 Å². The molecule has 1 aliphatic rings. The fourth-order valence-corrected chi connectivity index (χ4v) is 2.01. The van der Waals surface area contributed by atoms with Gasteiger partial charge in [-0.2, -0.15) is 0 Å². The molecular formula is C13H16N2O3. The molecule has 1 aromatic rings. The first-order valence-corrected chi connectivity index (χ1v) is 5.96. The number of nitrogens with one attached hydrogen (secondary N) is 1. The molecule has 1 fully saturated rings. The fraction of sp³-hybridized carbons (Fsp3) is 0.385. The minimum absolute atomic E-state index is 0.228. The number of carbonyl (C=O) groups excluding carboxylic acids is 1. The minimum atomic E-state index is -1.41. The number of nitrogens with zero attached hydrogens (tertiary/aromatic N) is 1. The molecule has 0 unspecified atom stereocenters. The van der Waals surface area contributed by atoms with Gasteiger partial charge in [0.25, 0.3) is 5.78 Å². The Morgan fingerprint density at radius 1 is 1.17 bits per heavy atom. The Labute approximate surface area is 105 Å². The molecule has 2 N–H and O–H groups in total. The van der Waals surface area contributed by atoms with Gasteiger partial charge in [0, 0.05) is 38.3 Å². The number of Topliss-reactive ketones (excluding diaryl/α,β-unsaturated/α-hetero) is 1. The van der Waals surface area contributed by atoms with Gasteiger partial charge in [-0.05, 0) is 5.56 Å². The van der Waals surface area contributed by atoms with Gasteiger partial charge in [0.05, 0.1) is 0 Å². The lowest BCUT2D eigenvalue weighted by atomic mass is 10.1. The molecule has 18 heavy (non-hydrogen) atoms. The van der Waals surface area contributed by atoms with Gasteiger partial charge in [0.1, 0.15) is 0 Å². The van der Waals surface area contributed by atoms with Gasteiger partial charge < -0.3 is 10.4 Å². The fourth-order valence-electron chi connectivity index (χ4n) is 2.01. The van der Waals surface area contributed by atoms with E-state index in [1.165, 1.54) is 0 Å². The number of hydrogen-bond donors (Lipinski definition) is 2. The van der Waals surface area contributed by atoms with Crippen molar-refractivity contribution in [3.8, 4) is 0 Å². The first kappa shape index (κ1) is 12.7. The Bertz CT molecular complexity index is 436. The van der Waals surface area contributed by atoms with E-state index >= 15 is 0 Å². The summed E-state index contributed by atoms with van der Waals surface area (Å²) in [6.07, 6.45) is 0. The zero-order chi connectivity index (χ0) is 13.0. The van der Waals surface area contributed by atoms with Crippen molar-refractivity contribution >= 4 is 11.8 Å². The standard InChI is InChI=1S/C13H16N2O3/c16-12(13(17)18)11-3-1-10(2-4-11)9-15-7-5-14-6-8-15/h1-4,14H,5-9H2,(H,17,18). The summed E-state index contributed by atoms with van der Waals surface area (Å²) in [5, 5.41) is 11.9. The molecule has 5 heteroatoms. The minimum Gasteiger partial charge on any atom is -0.475 e. The number of carbonyl (C=O) groups is 2. The van der Waals surface area contributed by atoms with E-state index in [-0.39, 0.29) is 5.56 Å². The molecule has 1 heterocycles. The predicted molar refractivity (Wildman–Crippen MR) is 66.6 cm³/mol. The number of carboxylic acid groups (broad SMARTS) is 1. The van der Waals surface area contributed by atoms with E-state index in [1.54, 1.807) is 12.1 Å². The van der Waals surface area contributed by atoms with Crippen LogP contribution in [0.4, 0.5) is 0 Å². The average Bonchev–Trinajstić information content (AvgIpc) is 2.40. The van der Waals surface area contributed by atoms with Gasteiger partial charge in [0.2, 0.25) is 0 Å². The molecule has 1 aromatic carbocycles. The van der Waals surface area contributed by atoms with Crippen molar-refractivity contribution in [2.45, 2.75) is 6.54 Å². The van der Waals surface area contributed by atoms with E-state index in [0.29, 0.717) is 0 Å². The smallest absolute Gasteiger partial charge is 0.377 e. The molecule has 0 radical (unpaired) electrons. The second-order valence-corrected chi connectivity index (χ2v) is 4.36. The van der Waals surface area contributed by atoms with E-state index in [1.807, 2.05) is 12.1 Å². The van der Waals surface area contributed by atoms with Gasteiger partial charge in [-0.25, -0.2) is 4.79 Å². The summed E-state index contributed by atoms with van der Waals surface area (Å²) in [5.41, 5.74) is 1.32. The Balaban J connectivity index is 1.98. The van der Waals surface area contributed by atoms with Crippen LogP contribution in [0.15, 0.2) is 24.3 Å². The molecule has 96 valence electrons. The van der Waals surface area contributed by atoms with E-state index in [4.69, 9.17) is 5.11 Å². The number of ketones is 1. The SMILES string of the molecule is O=C(O)C(=O)c1ccc(CN2CCNCC2)cc1. The highest BCUT2D eigenvalue weighted by atomic mass is 16.4. The van der Waals surface area contributed by atoms with Crippen molar-refractivity contribution < 1.29 is 14.7 Å². The molecule has 0 aromatic heterocycles. The van der Waals surface area contributed by atoms with Crippen LogP contribution in [0.1, 0.15) is 15.9 Å². The zero-order valence-corrected chi connectivity index (χ0v) is 10.1. The van der Waals surface area contributed by atoms with Crippen molar-refractivity contribution in [2.75, 3.05) is 26.2 Å². The van der Waals surface area contributed by atoms with Crippen LogP contribution < -0.4 is 5.32 Å². The van der Waals surface area contributed by atoms with Crippen LogP contribution >= 0.6 is 0 Å².